The van der Waals surface area contributed by atoms with Crippen molar-refractivity contribution >= 4 is 24.4 Å². The van der Waals surface area contributed by atoms with Crippen LogP contribution in [0.5, 0.6) is 0 Å². The quantitative estimate of drug-likeness (QED) is 0.722. The van der Waals surface area contributed by atoms with E-state index in [0.29, 0.717) is 9.65 Å². The first-order valence-electron chi connectivity index (χ1n) is 3.67. The van der Waals surface area contributed by atoms with Crippen molar-refractivity contribution in [3.63, 3.8) is 0 Å². The molecule has 2 nitrogen and oxygen atoms in total. The monoisotopic (exact) mass is 267 g/mol. The van der Waals surface area contributed by atoms with Gasteiger partial charge in [0, 0.05) is 0 Å². The molecule has 14 heavy (non-hydrogen) atoms. The molecule has 0 saturated heterocycles. The molecule has 74 valence electrons. The maximum absolute atomic E-state index is 12.3. The topological polar surface area (TPSA) is 32.9 Å². The zero-order valence-corrected chi connectivity index (χ0v) is 8.40. The molecular formula is C8H4F3NOSe. The molecule has 0 atom stereocenters. The summed E-state index contributed by atoms with van der Waals surface area (Å²) in [6, 6.07) is 3.19. The Balaban J connectivity index is 2.69. The van der Waals surface area contributed by atoms with E-state index >= 15 is 0 Å². The summed E-state index contributed by atoms with van der Waals surface area (Å²) in [5, 5.41) is 0.359. The number of hydrogen-bond donors (Lipinski definition) is 1. The molecule has 1 aromatic heterocycles. The second-order valence-corrected chi connectivity index (χ2v) is 4.52. The number of fused-ring (bicyclic) bond motifs is 1. The summed E-state index contributed by atoms with van der Waals surface area (Å²) in [5.41, 5.74) is -0.983. The first-order valence-corrected chi connectivity index (χ1v) is 5.38. The van der Waals surface area contributed by atoms with Crippen LogP contribution >= 0.6 is 0 Å². The van der Waals surface area contributed by atoms with Crippen molar-refractivity contribution in [2.75, 3.05) is 0 Å². The number of nitrogens with one attached hydrogen (secondary N) is 1. The van der Waals surface area contributed by atoms with Gasteiger partial charge in [0.05, 0.1) is 0 Å². The number of alkyl halides is 3. The molecule has 2 aromatic rings. The zero-order chi connectivity index (χ0) is 10.3. The number of aromatic amines is 1. The Morgan fingerprint density at radius 2 is 2.00 bits per heavy atom. The molecule has 1 N–H and O–H groups in total. The summed E-state index contributed by atoms with van der Waals surface area (Å²) >= 11 is -0.367. The fourth-order valence-electron chi connectivity index (χ4n) is 1.13. The van der Waals surface area contributed by atoms with Gasteiger partial charge >= 0.3 is 81.8 Å². The Kier molecular flexibility index (Phi) is 2.05. The fraction of sp³-hybridized carbons (Fsp3) is 0.125. The average molecular weight is 266 g/mol. The third-order valence-electron chi connectivity index (χ3n) is 1.81. The molecule has 1 aromatic carbocycles. The van der Waals surface area contributed by atoms with Crippen LogP contribution in [-0.4, -0.2) is 18.7 Å². The summed E-state index contributed by atoms with van der Waals surface area (Å²) in [6.45, 7) is 0. The van der Waals surface area contributed by atoms with Crippen LogP contribution in [0, 0.1) is 0 Å². The molecule has 0 fully saturated rings. The minimum absolute atomic E-state index is 0.284. The maximum atomic E-state index is 12.3. The summed E-state index contributed by atoms with van der Waals surface area (Å²) in [7, 11) is 0. The normalized spacial score (nSPS) is 12.2. The molecule has 6 heteroatoms. The van der Waals surface area contributed by atoms with Crippen LogP contribution in [0.15, 0.2) is 23.0 Å². The van der Waals surface area contributed by atoms with Crippen LogP contribution in [0.1, 0.15) is 5.56 Å². The van der Waals surface area contributed by atoms with Crippen molar-refractivity contribution in [2.45, 2.75) is 6.18 Å². The molecule has 2 rings (SSSR count). The summed E-state index contributed by atoms with van der Waals surface area (Å²) in [6.07, 6.45) is -4.34. The molecule has 0 spiro atoms. The van der Waals surface area contributed by atoms with Crippen molar-refractivity contribution in [3.05, 3.63) is 34.1 Å². The van der Waals surface area contributed by atoms with Gasteiger partial charge in [0.25, 0.3) is 0 Å². The van der Waals surface area contributed by atoms with E-state index in [1.54, 1.807) is 0 Å². The summed E-state index contributed by atoms with van der Waals surface area (Å²) in [5.74, 6) is 0. The second-order valence-electron chi connectivity index (χ2n) is 2.74. The third kappa shape index (κ3) is 1.51. The van der Waals surface area contributed by atoms with Crippen LogP contribution < -0.4 is 5.56 Å². The van der Waals surface area contributed by atoms with E-state index < -0.39 is 11.7 Å². The van der Waals surface area contributed by atoms with Gasteiger partial charge in [0.15, 0.2) is 0 Å². The third-order valence-corrected chi connectivity index (χ3v) is 3.58. The second kappa shape index (κ2) is 3.00. The summed E-state index contributed by atoms with van der Waals surface area (Å²) < 4.78 is 39.8. The van der Waals surface area contributed by atoms with Gasteiger partial charge in [-0.2, -0.15) is 0 Å². The van der Waals surface area contributed by atoms with Gasteiger partial charge in [0.1, 0.15) is 0 Å². The molecule has 0 unspecified atom stereocenters. The molecule has 0 aliphatic carbocycles. The average Bonchev–Trinajstić information content (AvgIpc) is 2.46. The van der Waals surface area contributed by atoms with Gasteiger partial charge in [-0.3, -0.25) is 0 Å². The molecular weight excluding hydrogens is 262 g/mol. The Bertz CT molecular complexity index is 525. The van der Waals surface area contributed by atoms with E-state index in [1.165, 1.54) is 6.07 Å². The van der Waals surface area contributed by atoms with E-state index in [1.807, 2.05) is 0 Å². The number of rotatable bonds is 0. The Morgan fingerprint density at radius 3 is 2.64 bits per heavy atom. The van der Waals surface area contributed by atoms with Gasteiger partial charge in [-0.15, -0.1) is 0 Å². The van der Waals surface area contributed by atoms with E-state index in [0.717, 1.165) is 12.1 Å². The van der Waals surface area contributed by atoms with E-state index in [4.69, 9.17) is 0 Å². The molecule has 0 saturated carbocycles. The molecule has 0 aliphatic heterocycles. The van der Waals surface area contributed by atoms with E-state index in [9.17, 15) is 18.0 Å². The van der Waals surface area contributed by atoms with Crippen LogP contribution in [0.3, 0.4) is 0 Å². The van der Waals surface area contributed by atoms with E-state index in [2.05, 4.69) is 3.98 Å². The van der Waals surface area contributed by atoms with Gasteiger partial charge in [0.2, 0.25) is 0 Å². The zero-order valence-electron chi connectivity index (χ0n) is 6.68. The van der Waals surface area contributed by atoms with Crippen molar-refractivity contribution in [2.24, 2.45) is 0 Å². The number of halogens is 3. The Hall–Kier alpha value is -1.00. The van der Waals surface area contributed by atoms with Crippen molar-refractivity contribution in [3.8, 4) is 0 Å². The first-order chi connectivity index (χ1) is 6.48. The Morgan fingerprint density at radius 1 is 1.29 bits per heavy atom. The van der Waals surface area contributed by atoms with Crippen molar-refractivity contribution in [1.82, 2.24) is 3.98 Å². The SMILES string of the molecule is O=c1[nH][se]c2cc(C(F)(F)F)ccc12. The van der Waals surface area contributed by atoms with Crippen molar-refractivity contribution in [1.29, 1.82) is 0 Å². The fourth-order valence-corrected chi connectivity index (χ4v) is 2.74. The molecule has 0 bridgehead atoms. The predicted octanol–water partition coefficient (Wildman–Crippen LogP) is 1.60. The molecule has 0 aliphatic rings. The predicted molar refractivity (Wildman–Crippen MR) is 46.5 cm³/mol. The minimum atomic E-state index is -4.34. The number of aromatic nitrogens is 1. The standard InChI is InChI=1S/C8H4F3NOSe/c9-8(10,11)4-1-2-5-6(3-4)14-12-7(5)13/h1-3H,(H,12,13). The molecule has 1 heterocycles. The molecule has 0 radical (unpaired) electrons. The van der Waals surface area contributed by atoms with Crippen LogP contribution in [-0.2, 0) is 6.18 Å². The van der Waals surface area contributed by atoms with Crippen LogP contribution in [0.4, 0.5) is 13.2 Å². The Labute approximate surface area is 82.3 Å². The number of benzene rings is 1. The van der Waals surface area contributed by atoms with Crippen molar-refractivity contribution < 1.29 is 13.2 Å². The van der Waals surface area contributed by atoms with Gasteiger partial charge in [-0.1, -0.05) is 0 Å². The first kappa shape index (κ1) is 9.55. The van der Waals surface area contributed by atoms with Crippen LogP contribution in [0.2, 0.25) is 0 Å². The molecule has 0 amide bonds. The van der Waals surface area contributed by atoms with Gasteiger partial charge in [-0.05, 0) is 0 Å². The number of hydrogen-bond acceptors (Lipinski definition) is 1. The van der Waals surface area contributed by atoms with Gasteiger partial charge < -0.3 is 0 Å². The van der Waals surface area contributed by atoms with Crippen LogP contribution in [0.25, 0.3) is 9.65 Å². The number of H-pyrrole nitrogens is 1. The van der Waals surface area contributed by atoms with E-state index in [-0.39, 0.29) is 20.3 Å². The summed E-state index contributed by atoms with van der Waals surface area (Å²) in [4.78, 5) is 11.0. The van der Waals surface area contributed by atoms with Gasteiger partial charge in [-0.25, -0.2) is 0 Å².